The molecule has 1 saturated carbocycles. The van der Waals surface area contributed by atoms with Gasteiger partial charge in [-0.05, 0) is 42.0 Å². The summed E-state index contributed by atoms with van der Waals surface area (Å²) in [5.74, 6) is 0. The number of rotatable bonds is 1. The monoisotopic (exact) mass is 196 g/mol. The van der Waals surface area contributed by atoms with E-state index < -0.39 is 0 Å². The van der Waals surface area contributed by atoms with E-state index in [9.17, 15) is 0 Å². The molecule has 0 radical (unpaired) electrons. The molecule has 0 saturated heterocycles. The highest BCUT2D eigenvalue weighted by atomic mass is 14.9. The molecule has 1 fully saturated rings. The quantitative estimate of drug-likeness (QED) is 0.689. The summed E-state index contributed by atoms with van der Waals surface area (Å²) >= 11 is 0. The van der Waals surface area contributed by atoms with Crippen molar-refractivity contribution in [3.05, 3.63) is 36.0 Å². The van der Waals surface area contributed by atoms with E-state index in [0.717, 1.165) is 12.8 Å². The summed E-state index contributed by atoms with van der Waals surface area (Å²) in [7, 11) is 2.04. The number of aromatic nitrogens is 1. The molecule has 0 bridgehead atoms. The van der Waals surface area contributed by atoms with Crippen LogP contribution in [0, 0.1) is 11.3 Å². The van der Waals surface area contributed by atoms with Crippen molar-refractivity contribution < 1.29 is 0 Å². The number of nitriles is 1. The molecule has 0 unspecified atom stereocenters. The molecule has 1 aliphatic carbocycles. The van der Waals surface area contributed by atoms with Gasteiger partial charge in [-0.1, -0.05) is 6.07 Å². The summed E-state index contributed by atoms with van der Waals surface area (Å²) in [5.41, 5.74) is 2.25. The lowest BCUT2D eigenvalue weighted by atomic mass is 9.97. The molecule has 2 heteroatoms. The third kappa shape index (κ3) is 1.10. The SMILES string of the molecule is Cn1ccc2cc(C3(C#N)CC3)ccc21. The lowest BCUT2D eigenvalue weighted by molar-refractivity contribution is 0.909. The van der Waals surface area contributed by atoms with Gasteiger partial charge in [0, 0.05) is 18.8 Å². The largest absolute Gasteiger partial charge is 0.351 e. The average molecular weight is 196 g/mol. The van der Waals surface area contributed by atoms with Crippen LogP contribution in [0.4, 0.5) is 0 Å². The summed E-state index contributed by atoms with van der Waals surface area (Å²) in [6.07, 6.45) is 4.09. The summed E-state index contributed by atoms with van der Waals surface area (Å²) in [6, 6.07) is 10.9. The summed E-state index contributed by atoms with van der Waals surface area (Å²) in [4.78, 5) is 0. The number of hydrogen-bond donors (Lipinski definition) is 0. The number of hydrogen-bond acceptors (Lipinski definition) is 1. The van der Waals surface area contributed by atoms with E-state index in [4.69, 9.17) is 5.26 Å². The first-order valence-electron chi connectivity index (χ1n) is 5.22. The van der Waals surface area contributed by atoms with Crippen molar-refractivity contribution in [2.24, 2.45) is 7.05 Å². The van der Waals surface area contributed by atoms with E-state index in [0.29, 0.717) is 0 Å². The molecule has 1 aromatic heterocycles. The Morgan fingerprint density at radius 3 is 2.80 bits per heavy atom. The minimum absolute atomic E-state index is 0.163. The van der Waals surface area contributed by atoms with Crippen molar-refractivity contribution in [1.82, 2.24) is 4.57 Å². The van der Waals surface area contributed by atoms with Crippen molar-refractivity contribution in [3.63, 3.8) is 0 Å². The topological polar surface area (TPSA) is 28.7 Å². The van der Waals surface area contributed by atoms with Crippen molar-refractivity contribution in [1.29, 1.82) is 5.26 Å². The van der Waals surface area contributed by atoms with E-state index in [1.807, 2.05) is 7.05 Å². The van der Waals surface area contributed by atoms with Crippen LogP contribution in [0.5, 0.6) is 0 Å². The van der Waals surface area contributed by atoms with Gasteiger partial charge in [-0.3, -0.25) is 0 Å². The Balaban J connectivity index is 2.20. The molecule has 3 rings (SSSR count). The fourth-order valence-electron chi connectivity index (χ4n) is 2.17. The summed E-state index contributed by atoms with van der Waals surface area (Å²) < 4.78 is 2.10. The lowest BCUT2D eigenvalue weighted by Crippen LogP contribution is -2.01. The van der Waals surface area contributed by atoms with E-state index >= 15 is 0 Å². The van der Waals surface area contributed by atoms with Crippen LogP contribution in [-0.4, -0.2) is 4.57 Å². The van der Waals surface area contributed by atoms with Crippen LogP contribution in [-0.2, 0) is 12.5 Å². The molecule has 15 heavy (non-hydrogen) atoms. The molecule has 1 aromatic carbocycles. The molecule has 0 N–H and O–H groups in total. The molecule has 0 spiro atoms. The van der Waals surface area contributed by atoms with Crippen LogP contribution in [0.15, 0.2) is 30.5 Å². The zero-order valence-corrected chi connectivity index (χ0v) is 8.70. The normalized spacial score (nSPS) is 17.6. The molecule has 1 heterocycles. The standard InChI is InChI=1S/C13H12N2/c1-15-7-4-10-8-11(2-3-12(10)15)13(9-14)5-6-13/h2-4,7-8H,5-6H2,1H3. The third-order valence-corrected chi connectivity index (χ3v) is 3.40. The second-order valence-electron chi connectivity index (χ2n) is 4.39. The zero-order valence-electron chi connectivity index (χ0n) is 8.70. The molecule has 0 atom stereocenters. The zero-order chi connectivity index (χ0) is 10.5. The average Bonchev–Trinajstić information content (AvgIpc) is 2.99. The molecule has 0 amide bonds. The van der Waals surface area contributed by atoms with Gasteiger partial charge in [0.25, 0.3) is 0 Å². The van der Waals surface area contributed by atoms with Crippen LogP contribution in [0.2, 0.25) is 0 Å². The van der Waals surface area contributed by atoms with Gasteiger partial charge in [-0.15, -0.1) is 0 Å². The number of aryl methyl sites for hydroxylation is 1. The van der Waals surface area contributed by atoms with Crippen LogP contribution < -0.4 is 0 Å². The summed E-state index contributed by atoms with van der Waals surface area (Å²) in [5, 5.41) is 10.4. The van der Waals surface area contributed by atoms with E-state index in [-0.39, 0.29) is 5.41 Å². The van der Waals surface area contributed by atoms with Gasteiger partial charge < -0.3 is 4.57 Å². The highest BCUT2D eigenvalue weighted by molar-refractivity contribution is 5.81. The van der Waals surface area contributed by atoms with E-state index in [2.05, 4.69) is 41.1 Å². The fraction of sp³-hybridized carbons (Fsp3) is 0.308. The maximum Gasteiger partial charge on any atom is 0.0824 e. The molecule has 2 aromatic rings. The van der Waals surface area contributed by atoms with Gasteiger partial charge in [-0.2, -0.15) is 5.26 Å². The van der Waals surface area contributed by atoms with E-state index in [1.165, 1.54) is 16.5 Å². The number of benzene rings is 1. The molecule has 2 nitrogen and oxygen atoms in total. The predicted molar refractivity (Wildman–Crippen MR) is 59.4 cm³/mol. The second kappa shape index (κ2) is 2.64. The summed E-state index contributed by atoms with van der Waals surface area (Å²) in [6.45, 7) is 0. The second-order valence-corrected chi connectivity index (χ2v) is 4.39. The Labute approximate surface area is 88.7 Å². The predicted octanol–water partition coefficient (Wildman–Crippen LogP) is 2.73. The van der Waals surface area contributed by atoms with Crippen molar-refractivity contribution in [2.75, 3.05) is 0 Å². The van der Waals surface area contributed by atoms with Gasteiger partial charge in [0.1, 0.15) is 0 Å². The van der Waals surface area contributed by atoms with Gasteiger partial charge in [0.05, 0.1) is 11.5 Å². The first-order valence-corrected chi connectivity index (χ1v) is 5.22. The Morgan fingerprint density at radius 1 is 1.33 bits per heavy atom. The molecule has 1 aliphatic rings. The molecular weight excluding hydrogens is 184 g/mol. The number of nitrogens with zero attached hydrogens (tertiary/aromatic N) is 2. The first-order chi connectivity index (χ1) is 7.25. The maximum absolute atomic E-state index is 9.13. The van der Waals surface area contributed by atoms with Gasteiger partial charge in [0.15, 0.2) is 0 Å². The maximum atomic E-state index is 9.13. The third-order valence-electron chi connectivity index (χ3n) is 3.40. The molecular formula is C13H12N2. The minimum Gasteiger partial charge on any atom is -0.351 e. The highest BCUT2D eigenvalue weighted by Crippen LogP contribution is 2.47. The smallest absolute Gasteiger partial charge is 0.0824 e. The lowest BCUT2D eigenvalue weighted by Gasteiger charge is -2.06. The Bertz CT molecular complexity index is 568. The highest BCUT2D eigenvalue weighted by Gasteiger charge is 2.44. The van der Waals surface area contributed by atoms with Gasteiger partial charge >= 0.3 is 0 Å². The van der Waals surface area contributed by atoms with E-state index in [1.54, 1.807) is 0 Å². The van der Waals surface area contributed by atoms with Gasteiger partial charge in [0.2, 0.25) is 0 Å². The van der Waals surface area contributed by atoms with Crippen molar-refractivity contribution in [3.8, 4) is 6.07 Å². The minimum atomic E-state index is -0.163. The van der Waals surface area contributed by atoms with Crippen molar-refractivity contribution >= 4 is 10.9 Å². The molecule has 74 valence electrons. The van der Waals surface area contributed by atoms with Crippen molar-refractivity contribution in [2.45, 2.75) is 18.3 Å². The van der Waals surface area contributed by atoms with Crippen LogP contribution in [0.25, 0.3) is 10.9 Å². The number of fused-ring (bicyclic) bond motifs is 1. The molecule has 0 aliphatic heterocycles. The fourth-order valence-corrected chi connectivity index (χ4v) is 2.17. The Morgan fingerprint density at radius 2 is 2.13 bits per heavy atom. The van der Waals surface area contributed by atoms with Crippen LogP contribution in [0.3, 0.4) is 0 Å². The van der Waals surface area contributed by atoms with Crippen LogP contribution >= 0.6 is 0 Å². The van der Waals surface area contributed by atoms with Gasteiger partial charge in [-0.25, -0.2) is 0 Å². The van der Waals surface area contributed by atoms with Crippen LogP contribution in [0.1, 0.15) is 18.4 Å². The Hall–Kier alpha value is -1.75. The Kier molecular flexibility index (Phi) is 1.50. The first kappa shape index (κ1) is 8.55.